The molecular weight excluding hydrogens is 88.1 g/mol. The van der Waals surface area contributed by atoms with E-state index in [0.29, 0.717) is 9.13 Å². The van der Waals surface area contributed by atoms with E-state index in [1.807, 2.05) is 0 Å². The number of rotatable bonds is 2. The van der Waals surface area contributed by atoms with E-state index < -0.39 is 0 Å². The lowest BCUT2D eigenvalue weighted by molar-refractivity contribution is 1.47. The predicted octanol–water partition coefficient (Wildman–Crippen LogP) is 0.887. The van der Waals surface area contributed by atoms with Crippen molar-refractivity contribution in [2.45, 2.75) is 19.4 Å². The Kier molecular flexibility index (Phi) is 5.16. The van der Waals surface area contributed by atoms with E-state index in [4.69, 9.17) is 0 Å². The van der Waals surface area contributed by atoms with Gasteiger partial charge < -0.3 is 0 Å². The van der Waals surface area contributed by atoms with E-state index in [1.54, 1.807) is 0 Å². The zero-order valence-electron chi connectivity index (χ0n) is 4.28. The molecular formula is C5H11Si. The minimum absolute atomic E-state index is 0.631. The molecule has 1 heteroatoms. The van der Waals surface area contributed by atoms with Gasteiger partial charge in [0.05, 0.1) is 0 Å². The molecule has 0 aromatic carbocycles. The maximum absolute atomic E-state index is 3.69. The third-order valence-electron chi connectivity index (χ3n) is 0.569. The number of hydrogen-bond donors (Lipinski definition) is 0. The van der Waals surface area contributed by atoms with Gasteiger partial charge in [-0.1, -0.05) is 13.0 Å². The highest BCUT2D eigenvalue weighted by Gasteiger charge is 1.61. The van der Waals surface area contributed by atoms with E-state index in [9.17, 15) is 0 Å². The molecule has 0 unspecified atom stereocenters. The summed E-state index contributed by atoms with van der Waals surface area (Å²) in [5, 5.41) is 0. The van der Waals surface area contributed by atoms with Gasteiger partial charge in [0.2, 0.25) is 0 Å². The van der Waals surface area contributed by atoms with E-state index >= 15 is 0 Å². The van der Waals surface area contributed by atoms with Crippen LogP contribution in [0.1, 0.15) is 13.3 Å². The first-order valence-corrected chi connectivity index (χ1v) is 3.84. The highest BCUT2D eigenvalue weighted by atomic mass is 28.2. The summed E-state index contributed by atoms with van der Waals surface area (Å²) in [5.74, 6) is 0. The molecule has 0 aromatic rings. The van der Waals surface area contributed by atoms with Crippen molar-refractivity contribution in [3.63, 3.8) is 0 Å². The number of hydrogen-bond acceptors (Lipinski definition) is 0. The molecule has 0 amide bonds. The second-order valence-electron chi connectivity index (χ2n) is 1.17. The Morgan fingerprint density at radius 1 is 1.83 bits per heavy atom. The van der Waals surface area contributed by atoms with Crippen LogP contribution in [0.4, 0.5) is 0 Å². The van der Waals surface area contributed by atoms with Gasteiger partial charge in [-0.25, -0.2) is 0 Å². The maximum atomic E-state index is 3.69. The molecule has 0 rings (SSSR count). The molecule has 6 heavy (non-hydrogen) atoms. The smallest absolute Gasteiger partial charge is 0.0122 e. The summed E-state index contributed by atoms with van der Waals surface area (Å²) in [7, 11) is 0.631. The Balaban J connectivity index is 2.73. The first-order chi connectivity index (χ1) is 2.91. The van der Waals surface area contributed by atoms with Crippen LogP contribution in [0.15, 0.2) is 0 Å². The summed E-state index contributed by atoms with van der Waals surface area (Å²) < 4.78 is 0. The molecule has 0 atom stereocenters. The Labute approximate surface area is 42.0 Å². The Bertz CT molecular complexity index is 33.2. The quantitative estimate of drug-likeness (QED) is 0.451. The second kappa shape index (κ2) is 5.09. The van der Waals surface area contributed by atoms with Crippen LogP contribution in [-0.2, 0) is 0 Å². The highest BCUT2D eigenvalue weighted by molar-refractivity contribution is 6.46. The standard InChI is InChI=1S/C5H11Si/c1-3-5-6-4-2/h5-6H,1,3-4H2,2H3. The maximum Gasteiger partial charge on any atom is -0.0122 e. The average Bonchev–Trinajstić information content (AvgIpc) is 1.61. The van der Waals surface area contributed by atoms with Crippen molar-refractivity contribution in [1.29, 1.82) is 0 Å². The van der Waals surface area contributed by atoms with Gasteiger partial charge in [0.1, 0.15) is 0 Å². The summed E-state index contributed by atoms with van der Waals surface area (Å²) in [6.45, 7) is 5.90. The van der Waals surface area contributed by atoms with Gasteiger partial charge in [0.15, 0.2) is 0 Å². The monoisotopic (exact) mass is 99.1 g/mol. The molecule has 0 aliphatic heterocycles. The molecule has 0 aliphatic rings. The van der Waals surface area contributed by atoms with Gasteiger partial charge in [-0.3, -0.25) is 0 Å². The van der Waals surface area contributed by atoms with Gasteiger partial charge in [0.25, 0.3) is 0 Å². The zero-order chi connectivity index (χ0) is 4.83. The first kappa shape index (κ1) is 6.09. The van der Waals surface area contributed by atoms with Crippen molar-refractivity contribution in [3.8, 4) is 0 Å². The van der Waals surface area contributed by atoms with Crippen LogP contribution in [0, 0.1) is 6.92 Å². The second-order valence-corrected chi connectivity index (χ2v) is 2.93. The van der Waals surface area contributed by atoms with E-state index in [-0.39, 0.29) is 0 Å². The predicted molar refractivity (Wildman–Crippen MR) is 33.7 cm³/mol. The van der Waals surface area contributed by atoms with Crippen LogP contribution in [0.2, 0.25) is 6.04 Å². The van der Waals surface area contributed by atoms with Crippen LogP contribution in [0.3, 0.4) is 0 Å². The first-order valence-electron chi connectivity index (χ1n) is 2.36. The minimum atomic E-state index is 0.631. The van der Waals surface area contributed by atoms with Crippen LogP contribution in [0.5, 0.6) is 0 Å². The molecule has 0 fully saturated rings. The fourth-order valence-corrected chi connectivity index (χ4v) is 0.854. The molecule has 0 saturated carbocycles. The average molecular weight is 99.2 g/mol. The van der Waals surface area contributed by atoms with Crippen molar-refractivity contribution in [1.82, 2.24) is 0 Å². The summed E-state index contributed by atoms with van der Waals surface area (Å²) in [5.41, 5.74) is 2.28. The lowest BCUT2D eigenvalue weighted by atomic mass is 10.6. The molecule has 0 spiro atoms. The zero-order valence-corrected chi connectivity index (χ0v) is 5.43. The summed E-state index contributed by atoms with van der Waals surface area (Å²) >= 11 is 0. The Morgan fingerprint density at radius 3 is 2.67 bits per heavy atom. The van der Waals surface area contributed by atoms with Crippen LogP contribution in [-0.4, -0.2) is 14.8 Å². The van der Waals surface area contributed by atoms with E-state index in [0.717, 1.165) is 6.42 Å². The van der Waals surface area contributed by atoms with Crippen molar-refractivity contribution < 1.29 is 0 Å². The van der Waals surface area contributed by atoms with Crippen molar-refractivity contribution in [2.24, 2.45) is 0 Å². The lowest BCUT2D eigenvalue weighted by Crippen LogP contribution is -1.75. The molecule has 0 saturated heterocycles. The van der Waals surface area contributed by atoms with E-state index in [1.165, 1.54) is 6.04 Å². The molecule has 35 valence electrons. The van der Waals surface area contributed by atoms with Crippen molar-refractivity contribution >= 4 is 14.8 Å². The van der Waals surface area contributed by atoms with Crippen molar-refractivity contribution in [2.75, 3.05) is 0 Å². The highest BCUT2D eigenvalue weighted by Crippen LogP contribution is 1.64. The fourth-order valence-electron chi connectivity index (χ4n) is 0.285. The van der Waals surface area contributed by atoms with Crippen LogP contribution in [0.25, 0.3) is 0 Å². The Hall–Kier alpha value is 0.0869. The van der Waals surface area contributed by atoms with Gasteiger partial charge in [-0.05, 0) is 22.5 Å². The third-order valence-corrected chi connectivity index (χ3v) is 1.71. The Morgan fingerprint density at radius 2 is 2.50 bits per heavy atom. The SMILES string of the molecule is [CH2]CC=[SiH]CC. The summed E-state index contributed by atoms with van der Waals surface area (Å²) in [4.78, 5) is 0. The molecule has 0 N–H and O–H groups in total. The molecule has 1 radical (unpaired) electrons. The van der Waals surface area contributed by atoms with Gasteiger partial charge in [0, 0.05) is 0 Å². The largest absolute Gasteiger partial charge is 0.106 e. The normalized spacial score (nSPS) is 10.3. The van der Waals surface area contributed by atoms with E-state index in [2.05, 4.69) is 19.5 Å². The van der Waals surface area contributed by atoms with Crippen molar-refractivity contribution in [3.05, 3.63) is 6.92 Å². The molecule has 0 bridgehead atoms. The van der Waals surface area contributed by atoms with Gasteiger partial charge in [-0.15, -0.1) is 5.67 Å². The summed E-state index contributed by atoms with van der Waals surface area (Å²) in [6.07, 6.45) is 1.02. The molecule has 0 nitrogen and oxygen atoms in total. The molecule has 0 aliphatic carbocycles. The molecule has 0 heterocycles. The van der Waals surface area contributed by atoms with Gasteiger partial charge >= 0.3 is 0 Å². The third kappa shape index (κ3) is 4.09. The minimum Gasteiger partial charge on any atom is -0.106 e. The van der Waals surface area contributed by atoms with Crippen LogP contribution >= 0.6 is 0 Å². The topological polar surface area (TPSA) is 0 Å². The fraction of sp³-hybridized carbons (Fsp3) is 0.600. The molecule has 0 aromatic heterocycles. The lowest BCUT2D eigenvalue weighted by Gasteiger charge is -1.71. The summed E-state index contributed by atoms with van der Waals surface area (Å²) in [6, 6.07) is 1.34. The van der Waals surface area contributed by atoms with Crippen LogP contribution < -0.4 is 0 Å². The van der Waals surface area contributed by atoms with Gasteiger partial charge in [-0.2, -0.15) is 0 Å².